The fourth-order valence-corrected chi connectivity index (χ4v) is 1.74. The van der Waals surface area contributed by atoms with Crippen molar-refractivity contribution >= 4 is 18.7 Å². The second-order valence-electron chi connectivity index (χ2n) is 2.88. The van der Waals surface area contributed by atoms with Crippen LogP contribution in [0.15, 0.2) is 5.38 Å². The molecule has 3 nitrogen and oxygen atoms in total. The van der Waals surface area contributed by atoms with Crippen molar-refractivity contribution in [2.24, 2.45) is 0 Å². The van der Waals surface area contributed by atoms with Gasteiger partial charge in [-0.3, -0.25) is 4.57 Å². The molecule has 0 N–H and O–H groups in total. The lowest BCUT2D eigenvalue weighted by Crippen LogP contribution is -1.89. The molecule has 68 valence electrons. The third kappa shape index (κ3) is 3.48. The summed E-state index contributed by atoms with van der Waals surface area (Å²) in [5, 5.41) is 2.93. The zero-order valence-corrected chi connectivity index (χ0v) is 9.11. The zero-order chi connectivity index (χ0) is 9.19. The highest BCUT2D eigenvalue weighted by atomic mass is 32.1. The van der Waals surface area contributed by atoms with Gasteiger partial charge < -0.3 is 4.52 Å². The summed E-state index contributed by atoms with van der Waals surface area (Å²) >= 11 is 1.57. The van der Waals surface area contributed by atoms with Crippen LogP contribution in [0.5, 0.6) is 0 Å². The van der Waals surface area contributed by atoms with Gasteiger partial charge in [0, 0.05) is 18.7 Å². The SMILES string of the molecule is Cc1nc(COP(C)(C)=O)cs1. The number of hydrogen-bond acceptors (Lipinski definition) is 4. The van der Waals surface area contributed by atoms with Gasteiger partial charge in [0.2, 0.25) is 0 Å². The van der Waals surface area contributed by atoms with Crippen molar-refractivity contribution < 1.29 is 9.09 Å². The number of aryl methyl sites for hydroxylation is 1. The molecule has 12 heavy (non-hydrogen) atoms. The second kappa shape index (κ2) is 3.69. The van der Waals surface area contributed by atoms with Crippen molar-refractivity contribution in [3.63, 3.8) is 0 Å². The maximum absolute atomic E-state index is 11.1. The number of thiazole rings is 1. The average Bonchev–Trinajstić information content (AvgIpc) is 2.30. The molecule has 5 heteroatoms. The third-order valence-corrected chi connectivity index (χ3v) is 2.76. The molecule has 0 saturated heterocycles. The molecule has 1 rings (SSSR count). The van der Waals surface area contributed by atoms with Crippen LogP contribution in [-0.2, 0) is 15.7 Å². The van der Waals surface area contributed by atoms with E-state index >= 15 is 0 Å². The topological polar surface area (TPSA) is 39.2 Å². The van der Waals surface area contributed by atoms with Gasteiger partial charge in [-0.2, -0.15) is 0 Å². The van der Waals surface area contributed by atoms with Gasteiger partial charge in [0.25, 0.3) is 0 Å². The first-order chi connectivity index (χ1) is 5.47. The van der Waals surface area contributed by atoms with Crippen molar-refractivity contribution in [1.29, 1.82) is 0 Å². The highest BCUT2D eigenvalue weighted by Gasteiger charge is 2.08. The fourth-order valence-electron chi connectivity index (χ4n) is 0.696. The smallest absolute Gasteiger partial charge is 0.197 e. The van der Waals surface area contributed by atoms with Crippen LogP contribution in [-0.4, -0.2) is 18.3 Å². The van der Waals surface area contributed by atoms with Crippen LogP contribution in [0.2, 0.25) is 0 Å². The monoisotopic (exact) mass is 205 g/mol. The van der Waals surface area contributed by atoms with Gasteiger partial charge in [-0.05, 0) is 6.92 Å². The Kier molecular flexibility index (Phi) is 3.04. The van der Waals surface area contributed by atoms with Gasteiger partial charge in [0.05, 0.1) is 17.3 Å². The Morgan fingerprint density at radius 2 is 2.33 bits per heavy atom. The normalized spacial score (nSPS) is 11.9. The van der Waals surface area contributed by atoms with E-state index in [9.17, 15) is 4.57 Å². The predicted molar refractivity (Wildman–Crippen MR) is 51.1 cm³/mol. The molecule has 0 saturated carbocycles. The molecule has 0 fully saturated rings. The van der Waals surface area contributed by atoms with Gasteiger partial charge >= 0.3 is 0 Å². The van der Waals surface area contributed by atoms with Crippen LogP contribution < -0.4 is 0 Å². The summed E-state index contributed by atoms with van der Waals surface area (Å²) in [6.45, 7) is 5.50. The van der Waals surface area contributed by atoms with E-state index in [1.54, 1.807) is 24.7 Å². The minimum absolute atomic E-state index is 0.356. The lowest BCUT2D eigenvalue weighted by Gasteiger charge is -2.05. The van der Waals surface area contributed by atoms with Crippen molar-refractivity contribution in [3.05, 3.63) is 16.1 Å². The minimum atomic E-state index is -2.36. The highest BCUT2D eigenvalue weighted by Crippen LogP contribution is 2.38. The van der Waals surface area contributed by atoms with Crippen LogP contribution in [0.3, 0.4) is 0 Å². The van der Waals surface area contributed by atoms with Crippen molar-refractivity contribution in [2.45, 2.75) is 13.5 Å². The quantitative estimate of drug-likeness (QED) is 0.712. The molecule has 0 aromatic carbocycles. The average molecular weight is 205 g/mol. The summed E-state index contributed by atoms with van der Waals surface area (Å²) in [6, 6.07) is 0. The lowest BCUT2D eigenvalue weighted by molar-refractivity contribution is 0.306. The maximum atomic E-state index is 11.1. The maximum Gasteiger partial charge on any atom is 0.197 e. The Balaban J connectivity index is 2.49. The van der Waals surface area contributed by atoms with E-state index in [2.05, 4.69) is 4.98 Å². The van der Waals surface area contributed by atoms with Gasteiger partial charge in [-0.15, -0.1) is 11.3 Å². The van der Waals surface area contributed by atoms with E-state index in [4.69, 9.17) is 4.52 Å². The molecule has 1 heterocycles. The molecule has 0 spiro atoms. The largest absolute Gasteiger partial charge is 0.322 e. The van der Waals surface area contributed by atoms with E-state index in [1.165, 1.54) is 0 Å². The highest BCUT2D eigenvalue weighted by molar-refractivity contribution is 7.57. The summed E-state index contributed by atoms with van der Waals surface area (Å²) < 4.78 is 16.3. The molecule has 1 aromatic heterocycles. The van der Waals surface area contributed by atoms with Crippen molar-refractivity contribution in [2.75, 3.05) is 13.3 Å². The molecule has 0 aliphatic carbocycles. The minimum Gasteiger partial charge on any atom is -0.322 e. The first-order valence-electron chi connectivity index (χ1n) is 3.58. The summed E-state index contributed by atoms with van der Waals surface area (Å²) in [5.41, 5.74) is 0.862. The molecule has 0 aliphatic heterocycles. The molecule has 0 radical (unpaired) electrons. The summed E-state index contributed by atoms with van der Waals surface area (Å²) in [7, 11) is -2.36. The fraction of sp³-hybridized carbons (Fsp3) is 0.571. The van der Waals surface area contributed by atoms with Crippen LogP contribution >= 0.6 is 18.7 Å². The second-order valence-corrected chi connectivity index (χ2v) is 6.71. The Bertz CT molecular complexity index is 304. The molecule has 0 aliphatic rings. The van der Waals surface area contributed by atoms with Crippen molar-refractivity contribution in [3.8, 4) is 0 Å². The van der Waals surface area contributed by atoms with Crippen LogP contribution in [0.4, 0.5) is 0 Å². The predicted octanol–water partition coefficient (Wildman–Crippen LogP) is 2.51. The van der Waals surface area contributed by atoms with E-state index in [-0.39, 0.29) is 0 Å². The molecule has 0 atom stereocenters. The molecule has 0 bridgehead atoms. The van der Waals surface area contributed by atoms with Crippen LogP contribution in [0.1, 0.15) is 10.7 Å². The van der Waals surface area contributed by atoms with Gasteiger partial charge in [0.15, 0.2) is 7.37 Å². The standard InChI is InChI=1S/C7H12NO2PS/c1-6-8-7(5-12-6)4-10-11(2,3)9/h5H,4H2,1-3H3. The number of hydrogen-bond donors (Lipinski definition) is 0. The molecule has 0 unspecified atom stereocenters. The van der Waals surface area contributed by atoms with E-state index in [0.29, 0.717) is 6.61 Å². The molecule has 1 aromatic rings. The Labute approximate surface area is 76.2 Å². The molecular weight excluding hydrogens is 193 g/mol. The van der Waals surface area contributed by atoms with Gasteiger partial charge in [-0.25, -0.2) is 4.98 Å². The van der Waals surface area contributed by atoms with Gasteiger partial charge in [-0.1, -0.05) is 0 Å². The van der Waals surface area contributed by atoms with Gasteiger partial charge in [0.1, 0.15) is 0 Å². The van der Waals surface area contributed by atoms with E-state index < -0.39 is 7.37 Å². The molecular formula is C7H12NO2PS. The number of nitrogens with zero attached hydrogens (tertiary/aromatic N) is 1. The number of rotatable bonds is 3. The zero-order valence-electron chi connectivity index (χ0n) is 7.40. The third-order valence-electron chi connectivity index (χ3n) is 1.19. The summed E-state index contributed by atoms with van der Waals surface area (Å²) in [6.07, 6.45) is 0. The molecule has 0 amide bonds. The van der Waals surface area contributed by atoms with E-state index in [1.807, 2.05) is 12.3 Å². The first kappa shape index (κ1) is 9.90. The number of aromatic nitrogens is 1. The first-order valence-corrected chi connectivity index (χ1v) is 6.98. The Morgan fingerprint density at radius 1 is 1.67 bits per heavy atom. The lowest BCUT2D eigenvalue weighted by atomic mass is 10.5. The summed E-state index contributed by atoms with van der Waals surface area (Å²) in [4.78, 5) is 4.19. The van der Waals surface area contributed by atoms with E-state index in [0.717, 1.165) is 10.7 Å². The van der Waals surface area contributed by atoms with Crippen LogP contribution in [0.25, 0.3) is 0 Å². The Hall–Kier alpha value is -0.180. The van der Waals surface area contributed by atoms with Crippen LogP contribution in [0, 0.1) is 6.92 Å². The van der Waals surface area contributed by atoms with Crippen molar-refractivity contribution in [1.82, 2.24) is 4.98 Å². The summed E-state index contributed by atoms with van der Waals surface area (Å²) in [5.74, 6) is 0. The Morgan fingerprint density at radius 3 is 2.75 bits per heavy atom.